The zero-order chi connectivity index (χ0) is 12.0. The summed E-state index contributed by atoms with van der Waals surface area (Å²) in [5.74, 6) is -0.896. The van der Waals surface area contributed by atoms with E-state index < -0.39 is 5.97 Å². The van der Waals surface area contributed by atoms with Crippen LogP contribution in [0.15, 0.2) is 24.3 Å². The third-order valence-corrected chi connectivity index (χ3v) is 2.27. The van der Waals surface area contributed by atoms with Crippen LogP contribution >= 0.6 is 0 Å². The number of rotatable bonds is 6. The van der Waals surface area contributed by atoms with Crippen molar-refractivity contribution in [1.29, 1.82) is 0 Å². The van der Waals surface area contributed by atoms with E-state index >= 15 is 0 Å². The minimum atomic E-state index is -0.896. The van der Waals surface area contributed by atoms with Gasteiger partial charge in [-0.2, -0.15) is 0 Å². The lowest BCUT2D eigenvalue weighted by molar-refractivity contribution is 0.0697. The molecule has 0 aliphatic carbocycles. The molecule has 4 nitrogen and oxygen atoms in total. The molecule has 16 heavy (non-hydrogen) atoms. The van der Waals surface area contributed by atoms with E-state index in [4.69, 9.17) is 9.84 Å². The SMILES string of the molecule is COCC(C)NCc1ccc(C(=O)O)cc1. The van der Waals surface area contributed by atoms with Gasteiger partial charge in [0.25, 0.3) is 0 Å². The lowest BCUT2D eigenvalue weighted by atomic mass is 10.1. The van der Waals surface area contributed by atoms with Crippen LogP contribution in [0.1, 0.15) is 22.8 Å². The van der Waals surface area contributed by atoms with Gasteiger partial charge in [0, 0.05) is 19.7 Å². The Morgan fingerprint density at radius 1 is 1.44 bits per heavy atom. The van der Waals surface area contributed by atoms with E-state index in [2.05, 4.69) is 5.32 Å². The highest BCUT2D eigenvalue weighted by Crippen LogP contribution is 2.04. The number of carboxylic acids is 1. The van der Waals surface area contributed by atoms with Crippen LogP contribution in [0.25, 0.3) is 0 Å². The topological polar surface area (TPSA) is 58.6 Å². The van der Waals surface area contributed by atoms with Gasteiger partial charge in [-0.15, -0.1) is 0 Å². The average Bonchev–Trinajstić information content (AvgIpc) is 2.27. The zero-order valence-electron chi connectivity index (χ0n) is 9.56. The maximum Gasteiger partial charge on any atom is 0.335 e. The zero-order valence-corrected chi connectivity index (χ0v) is 9.56. The number of aromatic carboxylic acids is 1. The fourth-order valence-electron chi connectivity index (χ4n) is 1.37. The smallest absolute Gasteiger partial charge is 0.335 e. The Hall–Kier alpha value is -1.39. The molecule has 1 unspecified atom stereocenters. The predicted octanol–water partition coefficient (Wildman–Crippen LogP) is 1.51. The third kappa shape index (κ3) is 4.00. The minimum absolute atomic E-state index is 0.282. The first-order chi connectivity index (χ1) is 7.63. The lowest BCUT2D eigenvalue weighted by Gasteiger charge is -2.12. The van der Waals surface area contributed by atoms with Gasteiger partial charge in [-0.3, -0.25) is 0 Å². The molecule has 0 saturated carbocycles. The molecule has 0 radical (unpaired) electrons. The first-order valence-corrected chi connectivity index (χ1v) is 5.18. The van der Waals surface area contributed by atoms with E-state index in [1.165, 1.54) is 0 Å². The van der Waals surface area contributed by atoms with Crippen molar-refractivity contribution in [1.82, 2.24) is 5.32 Å². The summed E-state index contributed by atoms with van der Waals surface area (Å²) in [4.78, 5) is 10.6. The first-order valence-electron chi connectivity index (χ1n) is 5.18. The fourth-order valence-corrected chi connectivity index (χ4v) is 1.37. The first kappa shape index (κ1) is 12.7. The molecule has 0 aliphatic heterocycles. The molecule has 0 spiro atoms. The van der Waals surface area contributed by atoms with E-state index in [1.807, 2.05) is 19.1 Å². The van der Waals surface area contributed by atoms with Gasteiger partial charge < -0.3 is 15.2 Å². The van der Waals surface area contributed by atoms with Crippen LogP contribution in [0.4, 0.5) is 0 Å². The predicted molar refractivity (Wildman–Crippen MR) is 61.6 cm³/mol. The van der Waals surface area contributed by atoms with Gasteiger partial charge >= 0.3 is 5.97 Å². The molecule has 1 atom stereocenters. The number of hydrogen-bond donors (Lipinski definition) is 2. The van der Waals surface area contributed by atoms with Crippen molar-refractivity contribution >= 4 is 5.97 Å². The van der Waals surface area contributed by atoms with Gasteiger partial charge in [-0.1, -0.05) is 12.1 Å². The van der Waals surface area contributed by atoms with Crippen LogP contribution in [0.5, 0.6) is 0 Å². The molecule has 0 saturated heterocycles. The quantitative estimate of drug-likeness (QED) is 0.767. The van der Waals surface area contributed by atoms with Crippen LogP contribution in [-0.4, -0.2) is 30.8 Å². The van der Waals surface area contributed by atoms with E-state index in [9.17, 15) is 4.79 Å². The molecule has 0 fully saturated rings. The summed E-state index contributed by atoms with van der Waals surface area (Å²) in [6.45, 7) is 3.41. The molecule has 0 aliphatic rings. The molecular weight excluding hydrogens is 206 g/mol. The highest BCUT2D eigenvalue weighted by Gasteiger charge is 2.03. The number of hydrogen-bond acceptors (Lipinski definition) is 3. The highest BCUT2D eigenvalue weighted by molar-refractivity contribution is 5.87. The molecule has 1 aromatic carbocycles. The molecule has 4 heteroatoms. The van der Waals surface area contributed by atoms with Crippen LogP contribution in [0.3, 0.4) is 0 Å². The van der Waals surface area contributed by atoms with E-state index in [1.54, 1.807) is 19.2 Å². The Morgan fingerprint density at radius 3 is 2.56 bits per heavy atom. The van der Waals surface area contributed by atoms with Crippen molar-refractivity contribution in [2.45, 2.75) is 19.5 Å². The van der Waals surface area contributed by atoms with Gasteiger partial charge in [0.1, 0.15) is 0 Å². The standard InChI is InChI=1S/C12H17NO3/c1-9(8-16-2)13-7-10-3-5-11(6-4-10)12(14)15/h3-6,9,13H,7-8H2,1-2H3,(H,14,15). The number of carbonyl (C=O) groups is 1. The maximum atomic E-state index is 10.6. The third-order valence-electron chi connectivity index (χ3n) is 2.27. The molecule has 1 rings (SSSR count). The molecule has 1 aromatic rings. The summed E-state index contributed by atoms with van der Waals surface area (Å²) in [6, 6.07) is 7.14. The Kier molecular flexibility index (Phi) is 4.95. The average molecular weight is 223 g/mol. The van der Waals surface area contributed by atoms with E-state index in [-0.39, 0.29) is 6.04 Å². The number of ether oxygens (including phenoxy) is 1. The van der Waals surface area contributed by atoms with Crippen molar-refractivity contribution in [2.24, 2.45) is 0 Å². The Morgan fingerprint density at radius 2 is 2.06 bits per heavy atom. The summed E-state index contributed by atoms with van der Waals surface area (Å²) >= 11 is 0. The Labute approximate surface area is 95.2 Å². The van der Waals surface area contributed by atoms with Crippen molar-refractivity contribution in [2.75, 3.05) is 13.7 Å². The van der Waals surface area contributed by atoms with Gasteiger partial charge in [0.2, 0.25) is 0 Å². The van der Waals surface area contributed by atoms with Crippen molar-refractivity contribution in [3.8, 4) is 0 Å². The van der Waals surface area contributed by atoms with Crippen LogP contribution in [0, 0.1) is 0 Å². The van der Waals surface area contributed by atoms with Crippen molar-refractivity contribution in [3.05, 3.63) is 35.4 Å². The molecule has 0 heterocycles. The summed E-state index contributed by atoms with van der Waals surface area (Å²) in [7, 11) is 1.67. The fraction of sp³-hybridized carbons (Fsp3) is 0.417. The van der Waals surface area contributed by atoms with Crippen LogP contribution < -0.4 is 5.32 Å². The maximum absolute atomic E-state index is 10.6. The minimum Gasteiger partial charge on any atom is -0.478 e. The van der Waals surface area contributed by atoms with Gasteiger partial charge in [-0.05, 0) is 24.6 Å². The second-order valence-electron chi connectivity index (χ2n) is 3.74. The lowest BCUT2D eigenvalue weighted by Crippen LogP contribution is -2.29. The normalized spacial score (nSPS) is 12.4. The Bertz CT molecular complexity index is 335. The molecule has 0 bridgehead atoms. The van der Waals surface area contributed by atoms with Gasteiger partial charge in [0.05, 0.1) is 12.2 Å². The molecule has 0 aromatic heterocycles. The Balaban J connectivity index is 2.46. The van der Waals surface area contributed by atoms with Crippen molar-refractivity contribution in [3.63, 3.8) is 0 Å². The number of benzene rings is 1. The van der Waals surface area contributed by atoms with Gasteiger partial charge in [0.15, 0.2) is 0 Å². The summed E-state index contributed by atoms with van der Waals surface area (Å²) in [5.41, 5.74) is 1.38. The number of methoxy groups -OCH3 is 1. The summed E-state index contributed by atoms with van der Waals surface area (Å²) in [6.07, 6.45) is 0. The number of nitrogens with one attached hydrogen (secondary N) is 1. The number of carboxylic acid groups (broad SMARTS) is 1. The second-order valence-corrected chi connectivity index (χ2v) is 3.74. The highest BCUT2D eigenvalue weighted by atomic mass is 16.5. The molecule has 2 N–H and O–H groups in total. The summed E-state index contributed by atoms with van der Waals surface area (Å²) in [5, 5.41) is 12.0. The second kappa shape index (κ2) is 6.25. The van der Waals surface area contributed by atoms with Crippen molar-refractivity contribution < 1.29 is 14.6 Å². The molecule has 0 amide bonds. The van der Waals surface area contributed by atoms with E-state index in [0.717, 1.165) is 5.56 Å². The monoisotopic (exact) mass is 223 g/mol. The largest absolute Gasteiger partial charge is 0.478 e. The van der Waals surface area contributed by atoms with Crippen LogP contribution in [-0.2, 0) is 11.3 Å². The van der Waals surface area contributed by atoms with Gasteiger partial charge in [-0.25, -0.2) is 4.79 Å². The molecular formula is C12H17NO3. The molecule has 88 valence electrons. The van der Waals surface area contributed by atoms with E-state index in [0.29, 0.717) is 18.7 Å². The van der Waals surface area contributed by atoms with Crippen LogP contribution in [0.2, 0.25) is 0 Å². The summed E-state index contributed by atoms with van der Waals surface area (Å²) < 4.78 is 5.00.